The molecule has 1 amide bonds. The lowest BCUT2D eigenvalue weighted by Crippen LogP contribution is -2.29. The quantitative estimate of drug-likeness (QED) is 0.752. The van der Waals surface area contributed by atoms with Crippen LogP contribution in [0.4, 0.5) is 19.0 Å². The largest absolute Gasteiger partial charge is 0.411 e. The Morgan fingerprint density at radius 2 is 2.20 bits per heavy atom. The molecule has 0 spiro atoms. The molecule has 2 N–H and O–H groups in total. The van der Waals surface area contributed by atoms with Gasteiger partial charge >= 0.3 is 6.18 Å². The molecule has 0 bridgehead atoms. The lowest BCUT2D eigenvalue weighted by atomic mass is 10.2. The fraction of sp³-hybridized carbons (Fsp3) is 0.500. The van der Waals surface area contributed by atoms with Gasteiger partial charge in [0.15, 0.2) is 0 Å². The Balaban J connectivity index is 2.40. The molecule has 1 heterocycles. The molecule has 0 fully saturated rings. The van der Waals surface area contributed by atoms with E-state index in [2.05, 4.69) is 20.4 Å². The van der Waals surface area contributed by atoms with E-state index >= 15 is 0 Å². The second-order valence-corrected chi connectivity index (χ2v) is 3.85. The van der Waals surface area contributed by atoms with Gasteiger partial charge in [0.25, 0.3) is 5.91 Å². The topological polar surface area (TPSA) is 63.2 Å². The molecule has 0 aromatic carbocycles. The molecule has 0 atom stereocenters. The molecule has 1 aromatic rings. The average molecular weight is 291 g/mol. The van der Waals surface area contributed by atoms with Gasteiger partial charge in [0.1, 0.15) is 12.4 Å². The molecule has 1 aromatic heterocycles. The van der Waals surface area contributed by atoms with Crippen molar-refractivity contribution in [2.75, 3.05) is 31.6 Å². The molecule has 5 nitrogen and oxygen atoms in total. The molecular formula is C12H16F3N3O2. The van der Waals surface area contributed by atoms with Gasteiger partial charge in [0, 0.05) is 19.3 Å². The van der Waals surface area contributed by atoms with Crippen LogP contribution in [0.2, 0.25) is 0 Å². The predicted molar refractivity (Wildman–Crippen MR) is 67.6 cm³/mol. The van der Waals surface area contributed by atoms with Crippen LogP contribution in [0.1, 0.15) is 17.3 Å². The van der Waals surface area contributed by atoms with Crippen LogP contribution < -0.4 is 10.6 Å². The maximum atomic E-state index is 11.8. The first-order valence-electron chi connectivity index (χ1n) is 6.05. The fourth-order valence-corrected chi connectivity index (χ4v) is 1.42. The van der Waals surface area contributed by atoms with Gasteiger partial charge in [-0.1, -0.05) is 0 Å². The van der Waals surface area contributed by atoms with Gasteiger partial charge in [-0.05, 0) is 19.1 Å². The number of nitrogens with zero attached hydrogens (tertiary/aromatic N) is 1. The van der Waals surface area contributed by atoms with Crippen LogP contribution in [0.15, 0.2) is 18.3 Å². The van der Waals surface area contributed by atoms with Gasteiger partial charge in [0.05, 0.1) is 12.2 Å². The highest BCUT2D eigenvalue weighted by Gasteiger charge is 2.27. The zero-order chi connectivity index (χ0) is 15.0. The molecule has 0 radical (unpaired) electrons. The molecule has 0 saturated carbocycles. The van der Waals surface area contributed by atoms with Gasteiger partial charge in [-0.15, -0.1) is 0 Å². The summed E-state index contributed by atoms with van der Waals surface area (Å²) in [6.45, 7) is 0.934. The minimum Gasteiger partial charge on any atom is -0.370 e. The van der Waals surface area contributed by atoms with E-state index < -0.39 is 18.7 Å². The number of pyridine rings is 1. The van der Waals surface area contributed by atoms with E-state index in [-0.39, 0.29) is 13.2 Å². The monoisotopic (exact) mass is 291 g/mol. The van der Waals surface area contributed by atoms with Gasteiger partial charge in [-0.3, -0.25) is 4.79 Å². The number of nitrogens with one attached hydrogen (secondary N) is 2. The summed E-state index contributed by atoms with van der Waals surface area (Å²) in [5, 5.41) is 5.40. The number of carbonyl (C=O) groups excluding carboxylic acids is 1. The maximum absolute atomic E-state index is 11.8. The van der Waals surface area contributed by atoms with Gasteiger partial charge in [0.2, 0.25) is 0 Å². The Kier molecular flexibility index (Phi) is 6.23. The van der Waals surface area contributed by atoms with Crippen molar-refractivity contribution in [1.82, 2.24) is 10.3 Å². The SMILES string of the molecule is CCNc1ncccc1C(=O)NCCOCC(F)(F)F. The number of alkyl halides is 3. The van der Waals surface area contributed by atoms with Crippen molar-refractivity contribution in [2.45, 2.75) is 13.1 Å². The number of rotatable bonds is 7. The van der Waals surface area contributed by atoms with Crippen LogP contribution in [0.5, 0.6) is 0 Å². The maximum Gasteiger partial charge on any atom is 0.411 e. The summed E-state index contributed by atoms with van der Waals surface area (Å²) in [5.41, 5.74) is 0.338. The molecule has 112 valence electrons. The third-order valence-electron chi connectivity index (χ3n) is 2.19. The minimum absolute atomic E-state index is 0.00459. The highest BCUT2D eigenvalue weighted by atomic mass is 19.4. The summed E-state index contributed by atoms with van der Waals surface area (Å²) in [6, 6.07) is 3.19. The van der Waals surface area contributed by atoms with Gasteiger partial charge in [-0.25, -0.2) is 4.98 Å². The van der Waals surface area contributed by atoms with Gasteiger partial charge < -0.3 is 15.4 Å². The van der Waals surface area contributed by atoms with E-state index in [4.69, 9.17) is 0 Å². The molecule has 0 saturated heterocycles. The number of carbonyl (C=O) groups is 1. The Morgan fingerprint density at radius 1 is 1.45 bits per heavy atom. The number of ether oxygens (including phenoxy) is 1. The van der Waals surface area contributed by atoms with Crippen molar-refractivity contribution in [3.05, 3.63) is 23.9 Å². The normalized spacial score (nSPS) is 11.2. The molecule has 1 rings (SSSR count). The number of halogens is 3. The van der Waals surface area contributed by atoms with Crippen molar-refractivity contribution in [1.29, 1.82) is 0 Å². The Bertz CT molecular complexity index is 438. The van der Waals surface area contributed by atoms with E-state index in [0.29, 0.717) is 17.9 Å². The second-order valence-electron chi connectivity index (χ2n) is 3.85. The summed E-state index contributed by atoms with van der Waals surface area (Å²) in [5.74, 6) is 0.0216. The summed E-state index contributed by atoms with van der Waals surface area (Å²) in [7, 11) is 0. The third-order valence-corrected chi connectivity index (χ3v) is 2.19. The van der Waals surface area contributed by atoms with Crippen molar-refractivity contribution in [3.63, 3.8) is 0 Å². The van der Waals surface area contributed by atoms with Gasteiger partial charge in [-0.2, -0.15) is 13.2 Å². The molecule has 0 aliphatic carbocycles. The number of hydrogen-bond acceptors (Lipinski definition) is 4. The molecule has 20 heavy (non-hydrogen) atoms. The molecule has 0 aliphatic heterocycles. The standard InChI is InChI=1S/C12H16F3N3O2/c1-2-16-10-9(4-3-5-17-10)11(19)18-6-7-20-8-12(13,14)15/h3-5H,2,6-8H2,1H3,(H,16,17)(H,18,19). The van der Waals surface area contributed by atoms with Crippen LogP contribution in [-0.2, 0) is 4.74 Å². The zero-order valence-corrected chi connectivity index (χ0v) is 11.0. The molecular weight excluding hydrogens is 275 g/mol. The number of amides is 1. The first kappa shape index (κ1) is 16.2. The third kappa shape index (κ3) is 5.87. The van der Waals surface area contributed by atoms with E-state index in [1.54, 1.807) is 18.3 Å². The summed E-state index contributed by atoms with van der Waals surface area (Å²) in [4.78, 5) is 15.8. The first-order valence-corrected chi connectivity index (χ1v) is 6.05. The average Bonchev–Trinajstić information content (AvgIpc) is 2.38. The minimum atomic E-state index is -4.36. The summed E-state index contributed by atoms with van der Waals surface area (Å²) >= 11 is 0. The number of hydrogen-bond donors (Lipinski definition) is 2. The van der Waals surface area contributed by atoms with Crippen molar-refractivity contribution in [3.8, 4) is 0 Å². The van der Waals surface area contributed by atoms with E-state index in [1.165, 1.54) is 0 Å². The van der Waals surface area contributed by atoms with E-state index in [0.717, 1.165) is 0 Å². The predicted octanol–water partition coefficient (Wildman–Crippen LogP) is 1.82. The summed E-state index contributed by atoms with van der Waals surface area (Å²) in [6.07, 6.45) is -2.81. The Labute approximate surface area is 114 Å². The Hall–Kier alpha value is -1.83. The van der Waals surface area contributed by atoms with E-state index in [9.17, 15) is 18.0 Å². The molecule has 8 heteroatoms. The lowest BCUT2D eigenvalue weighted by molar-refractivity contribution is -0.173. The van der Waals surface area contributed by atoms with Crippen LogP contribution >= 0.6 is 0 Å². The fourth-order valence-electron chi connectivity index (χ4n) is 1.42. The number of anilines is 1. The number of aromatic nitrogens is 1. The second kappa shape index (κ2) is 7.68. The van der Waals surface area contributed by atoms with Crippen LogP contribution in [-0.4, -0.2) is 43.4 Å². The van der Waals surface area contributed by atoms with Crippen LogP contribution in [0, 0.1) is 0 Å². The molecule has 0 unspecified atom stereocenters. The highest BCUT2D eigenvalue weighted by molar-refractivity contribution is 5.98. The highest BCUT2D eigenvalue weighted by Crippen LogP contribution is 2.14. The molecule has 0 aliphatic rings. The van der Waals surface area contributed by atoms with Crippen molar-refractivity contribution in [2.24, 2.45) is 0 Å². The first-order chi connectivity index (χ1) is 9.44. The lowest BCUT2D eigenvalue weighted by Gasteiger charge is -2.10. The Morgan fingerprint density at radius 3 is 2.85 bits per heavy atom. The van der Waals surface area contributed by atoms with E-state index in [1.807, 2.05) is 6.92 Å². The van der Waals surface area contributed by atoms with Crippen molar-refractivity contribution >= 4 is 11.7 Å². The summed E-state index contributed by atoms with van der Waals surface area (Å²) < 4.78 is 39.8. The zero-order valence-electron chi connectivity index (χ0n) is 11.0. The smallest absolute Gasteiger partial charge is 0.370 e. The van der Waals surface area contributed by atoms with Crippen molar-refractivity contribution < 1.29 is 22.7 Å². The van der Waals surface area contributed by atoms with Crippen LogP contribution in [0.3, 0.4) is 0 Å². The van der Waals surface area contributed by atoms with Crippen LogP contribution in [0.25, 0.3) is 0 Å².